The molecule has 98 valence electrons. The van der Waals surface area contributed by atoms with Crippen molar-refractivity contribution in [2.75, 3.05) is 19.7 Å². The second-order valence-corrected chi connectivity index (χ2v) is 4.53. The summed E-state index contributed by atoms with van der Waals surface area (Å²) in [5.41, 5.74) is 4.24. The highest BCUT2D eigenvalue weighted by Gasteiger charge is 2.27. The van der Waals surface area contributed by atoms with E-state index < -0.39 is 0 Å². The van der Waals surface area contributed by atoms with Crippen molar-refractivity contribution < 1.29 is 4.74 Å². The summed E-state index contributed by atoms with van der Waals surface area (Å²) in [7, 11) is 0. The average Bonchev–Trinajstić information content (AvgIpc) is 2.91. The van der Waals surface area contributed by atoms with Crippen LogP contribution in [0.1, 0.15) is 29.7 Å². The number of aliphatic imine (C=N–C) groups is 1. The Hall–Kier alpha value is -1.06. The van der Waals surface area contributed by atoms with E-state index in [9.17, 15) is 0 Å². The molecule has 1 N–H and O–H groups in total. The molecular formula is C14H19ClN2O. The van der Waals surface area contributed by atoms with Crippen LogP contribution in [0.5, 0.6) is 0 Å². The highest BCUT2D eigenvalue weighted by atomic mass is 35.5. The lowest BCUT2D eigenvalue weighted by molar-refractivity contribution is 0.0857. The number of hydrogen-bond donors (Lipinski definition) is 1. The summed E-state index contributed by atoms with van der Waals surface area (Å²) in [5, 5.41) is 3.33. The molecule has 0 saturated carbocycles. The van der Waals surface area contributed by atoms with E-state index in [1.54, 1.807) is 0 Å². The summed E-state index contributed by atoms with van der Waals surface area (Å²) in [6.07, 6.45) is 2.16. The fourth-order valence-corrected chi connectivity index (χ4v) is 2.72. The zero-order chi connectivity index (χ0) is 11.7. The van der Waals surface area contributed by atoms with E-state index in [2.05, 4.69) is 35.4 Å². The lowest BCUT2D eigenvalue weighted by Gasteiger charge is -2.27. The predicted octanol–water partition coefficient (Wildman–Crippen LogP) is 2.29. The van der Waals surface area contributed by atoms with Crippen LogP contribution in [-0.2, 0) is 17.6 Å². The largest absolute Gasteiger partial charge is 0.369 e. The van der Waals surface area contributed by atoms with Gasteiger partial charge in [0.05, 0.1) is 13.2 Å². The normalized spacial score (nSPS) is 21.6. The molecular weight excluding hydrogens is 248 g/mol. The van der Waals surface area contributed by atoms with Crippen LogP contribution >= 0.6 is 12.4 Å². The molecule has 3 nitrogen and oxygen atoms in total. The van der Waals surface area contributed by atoms with Gasteiger partial charge in [0.2, 0.25) is 0 Å². The van der Waals surface area contributed by atoms with Crippen molar-refractivity contribution in [3.05, 3.63) is 34.9 Å². The van der Waals surface area contributed by atoms with Crippen molar-refractivity contribution in [3.63, 3.8) is 0 Å². The Bertz CT molecular complexity index is 459. The number of halogens is 1. The minimum absolute atomic E-state index is 0. The number of fused-ring (bicyclic) bond motifs is 1. The van der Waals surface area contributed by atoms with Gasteiger partial charge in [0.25, 0.3) is 0 Å². The van der Waals surface area contributed by atoms with Gasteiger partial charge in [-0.25, -0.2) is 0 Å². The van der Waals surface area contributed by atoms with Crippen molar-refractivity contribution in [2.24, 2.45) is 4.99 Å². The zero-order valence-electron chi connectivity index (χ0n) is 10.6. The van der Waals surface area contributed by atoms with Crippen molar-refractivity contribution in [1.82, 2.24) is 5.32 Å². The number of amidine groups is 1. The maximum Gasteiger partial charge on any atom is 0.140 e. The predicted molar refractivity (Wildman–Crippen MR) is 75.8 cm³/mol. The molecule has 2 aliphatic rings. The van der Waals surface area contributed by atoms with Crippen molar-refractivity contribution >= 4 is 18.2 Å². The number of ether oxygens (including phenoxy) is 1. The third-order valence-electron chi connectivity index (χ3n) is 3.56. The maximum atomic E-state index is 5.89. The highest BCUT2D eigenvalue weighted by molar-refractivity contribution is 5.89. The number of nitrogens with one attached hydrogen (secondary N) is 1. The molecule has 1 aromatic carbocycles. The highest BCUT2D eigenvalue weighted by Crippen LogP contribution is 2.30. The van der Waals surface area contributed by atoms with E-state index in [-0.39, 0.29) is 18.5 Å². The second kappa shape index (κ2) is 5.72. The minimum atomic E-state index is 0. The van der Waals surface area contributed by atoms with Crippen LogP contribution in [0.4, 0.5) is 0 Å². The van der Waals surface area contributed by atoms with Gasteiger partial charge < -0.3 is 10.1 Å². The Labute approximate surface area is 114 Å². The number of benzene rings is 1. The van der Waals surface area contributed by atoms with Crippen LogP contribution in [0, 0.1) is 0 Å². The molecule has 2 aliphatic heterocycles. The van der Waals surface area contributed by atoms with Gasteiger partial charge in [-0.2, -0.15) is 0 Å². The first-order valence-electron chi connectivity index (χ1n) is 6.40. The van der Waals surface area contributed by atoms with E-state index in [0.29, 0.717) is 0 Å². The van der Waals surface area contributed by atoms with Gasteiger partial charge in [-0.1, -0.05) is 25.1 Å². The van der Waals surface area contributed by atoms with Gasteiger partial charge >= 0.3 is 0 Å². The fraction of sp³-hybridized carbons (Fsp3) is 0.500. The lowest BCUT2D eigenvalue weighted by Crippen LogP contribution is -2.31. The van der Waals surface area contributed by atoms with Crippen LogP contribution in [0.3, 0.4) is 0 Å². The summed E-state index contributed by atoms with van der Waals surface area (Å²) in [4.78, 5) is 4.49. The second-order valence-electron chi connectivity index (χ2n) is 4.53. The molecule has 0 radical (unpaired) electrons. The van der Waals surface area contributed by atoms with E-state index in [1.165, 1.54) is 16.7 Å². The monoisotopic (exact) mass is 266 g/mol. The molecule has 4 heteroatoms. The number of nitrogens with zero attached hydrogens (tertiary/aromatic N) is 1. The molecule has 2 heterocycles. The Morgan fingerprint density at radius 1 is 1.44 bits per heavy atom. The van der Waals surface area contributed by atoms with Gasteiger partial charge in [-0.3, -0.25) is 4.99 Å². The van der Waals surface area contributed by atoms with Crippen LogP contribution in [0.25, 0.3) is 0 Å². The van der Waals surface area contributed by atoms with Crippen LogP contribution in [-0.4, -0.2) is 25.5 Å². The van der Waals surface area contributed by atoms with Gasteiger partial charge in [0, 0.05) is 6.54 Å². The molecule has 0 bridgehead atoms. The van der Waals surface area contributed by atoms with E-state index in [0.717, 1.165) is 38.4 Å². The lowest BCUT2D eigenvalue weighted by atomic mass is 9.91. The average molecular weight is 267 g/mol. The summed E-state index contributed by atoms with van der Waals surface area (Å²) in [5.74, 6) is 1.01. The first kappa shape index (κ1) is 13.4. The summed E-state index contributed by atoms with van der Waals surface area (Å²) >= 11 is 0. The van der Waals surface area contributed by atoms with Crippen LogP contribution in [0.15, 0.2) is 23.2 Å². The van der Waals surface area contributed by atoms with Crippen molar-refractivity contribution in [1.29, 1.82) is 0 Å². The molecule has 1 aromatic rings. The van der Waals surface area contributed by atoms with E-state index in [1.807, 2.05) is 0 Å². The number of hydrogen-bond acceptors (Lipinski definition) is 3. The van der Waals surface area contributed by atoms with Gasteiger partial charge in [-0.15, -0.1) is 12.4 Å². The molecule has 1 atom stereocenters. The van der Waals surface area contributed by atoms with E-state index >= 15 is 0 Å². The molecule has 18 heavy (non-hydrogen) atoms. The Kier molecular flexibility index (Phi) is 4.25. The Morgan fingerprint density at radius 3 is 3.06 bits per heavy atom. The maximum absolute atomic E-state index is 5.89. The van der Waals surface area contributed by atoms with Crippen LogP contribution < -0.4 is 5.32 Å². The fourth-order valence-electron chi connectivity index (χ4n) is 2.72. The van der Waals surface area contributed by atoms with Gasteiger partial charge in [0.1, 0.15) is 11.9 Å². The molecule has 0 fully saturated rings. The minimum Gasteiger partial charge on any atom is -0.369 e. The third-order valence-corrected chi connectivity index (χ3v) is 3.56. The number of aryl methyl sites for hydroxylation is 1. The molecule has 0 spiro atoms. The van der Waals surface area contributed by atoms with Gasteiger partial charge in [-0.05, 0) is 29.5 Å². The smallest absolute Gasteiger partial charge is 0.140 e. The molecule has 0 aliphatic carbocycles. The molecule has 0 saturated heterocycles. The van der Waals surface area contributed by atoms with E-state index in [4.69, 9.17) is 4.74 Å². The first-order valence-corrected chi connectivity index (χ1v) is 6.40. The third kappa shape index (κ3) is 2.25. The number of rotatable bonds is 2. The standard InChI is InChI=1S/C14H18N2O.ClH/c1-2-10-4-3-5-12-11(10)6-9-17-13(12)14-15-7-8-16-14;/h3-5,13H,2,6-9H2,1H3,(H,15,16);1H. The van der Waals surface area contributed by atoms with Crippen LogP contribution in [0.2, 0.25) is 0 Å². The zero-order valence-corrected chi connectivity index (χ0v) is 11.4. The molecule has 0 amide bonds. The Morgan fingerprint density at radius 2 is 2.33 bits per heavy atom. The summed E-state index contributed by atoms with van der Waals surface area (Å²) in [6.45, 7) is 4.83. The molecule has 0 aromatic heterocycles. The quantitative estimate of drug-likeness (QED) is 0.891. The van der Waals surface area contributed by atoms with Crippen molar-refractivity contribution in [2.45, 2.75) is 25.9 Å². The topological polar surface area (TPSA) is 33.6 Å². The first-order chi connectivity index (χ1) is 8.40. The SMILES string of the molecule is CCc1cccc2c1CCOC2C1=NCCN1.Cl. The summed E-state index contributed by atoms with van der Waals surface area (Å²) in [6, 6.07) is 6.54. The Balaban J connectivity index is 0.00000120. The van der Waals surface area contributed by atoms with Gasteiger partial charge in [0.15, 0.2) is 0 Å². The molecule has 3 rings (SSSR count). The summed E-state index contributed by atoms with van der Waals surface area (Å²) < 4.78 is 5.89. The van der Waals surface area contributed by atoms with Crippen molar-refractivity contribution in [3.8, 4) is 0 Å². The molecule has 1 unspecified atom stereocenters.